The summed E-state index contributed by atoms with van der Waals surface area (Å²) >= 11 is 0. The molecular weight excluding hydrogens is 271 g/mol. The van der Waals surface area contributed by atoms with Crippen LogP contribution in [0.25, 0.3) is 0 Å². The molecule has 0 fully saturated rings. The number of likely N-dealkylation sites (N-methyl/N-ethyl adjacent to an activating group) is 1. The molecule has 0 aliphatic rings. The summed E-state index contributed by atoms with van der Waals surface area (Å²) in [4.78, 5) is 14.1. The minimum Gasteiger partial charge on any atom is -0.468 e. The summed E-state index contributed by atoms with van der Waals surface area (Å²) in [5.41, 5.74) is -0.108. The summed E-state index contributed by atoms with van der Waals surface area (Å²) in [5, 5.41) is 3.25. The molecule has 0 bridgehead atoms. The number of hydrogen-bond donors (Lipinski definition) is 1. The minimum atomic E-state index is -0.856. The highest BCUT2D eigenvalue weighted by molar-refractivity contribution is 5.81. The molecule has 1 aromatic rings. The molecule has 0 heterocycles. The van der Waals surface area contributed by atoms with Gasteiger partial charge in [0.15, 0.2) is 0 Å². The standard InChI is InChI=1S/C16H25FN2O2/c1-6-19(14-9-7-8-13(17)10-14)11-16(4,15(20)21-5)18-12(2)3/h7-10,12,18H,6,11H2,1-5H3. The van der Waals surface area contributed by atoms with Crippen LogP contribution < -0.4 is 10.2 Å². The zero-order valence-electron chi connectivity index (χ0n) is 13.4. The highest BCUT2D eigenvalue weighted by atomic mass is 19.1. The second kappa shape index (κ2) is 7.41. The van der Waals surface area contributed by atoms with Crippen LogP contribution in [0.15, 0.2) is 24.3 Å². The molecule has 0 aliphatic carbocycles. The molecule has 0 saturated heterocycles. The summed E-state index contributed by atoms with van der Waals surface area (Å²) < 4.78 is 18.3. The number of nitrogens with zero attached hydrogens (tertiary/aromatic N) is 1. The smallest absolute Gasteiger partial charge is 0.327 e. The van der Waals surface area contributed by atoms with E-state index in [1.54, 1.807) is 13.0 Å². The normalized spacial score (nSPS) is 13.9. The van der Waals surface area contributed by atoms with Gasteiger partial charge in [0, 0.05) is 24.8 Å². The number of methoxy groups -OCH3 is 1. The van der Waals surface area contributed by atoms with Crippen molar-refractivity contribution in [2.75, 3.05) is 25.1 Å². The second-order valence-corrected chi connectivity index (χ2v) is 5.62. The average molecular weight is 296 g/mol. The Morgan fingerprint density at radius 3 is 2.62 bits per heavy atom. The molecule has 1 unspecified atom stereocenters. The van der Waals surface area contributed by atoms with Crippen molar-refractivity contribution in [3.63, 3.8) is 0 Å². The molecule has 0 aromatic heterocycles. The number of benzene rings is 1. The maximum atomic E-state index is 13.4. The third kappa shape index (κ3) is 4.70. The quantitative estimate of drug-likeness (QED) is 0.785. The van der Waals surface area contributed by atoms with Crippen LogP contribution in [0, 0.1) is 5.82 Å². The van der Waals surface area contributed by atoms with Crippen LogP contribution in [0.5, 0.6) is 0 Å². The van der Waals surface area contributed by atoms with E-state index < -0.39 is 5.54 Å². The van der Waals surface area contributed by atoms with Gasteiger partial charge in [-0.2, -0.15) is 0 Å². The van der Waals surface area contributed by atoms with E-state index in [2.05, 4.69) is 5.32 Å². The van der Waals surface area contributed by atoms with Gasteiger partial charge in [-0.1, -0.05) is 6.07 Å². The van der Waals surface area contributed by atoms with Crippen molar-refractivity contribution in [2.24, 2.45) is 0 Å². The molecule has 0 aliphatic heterocycles. The molecule has 4 nitrogen and oxygen atoms in total. The van der Waals surface area contributed by atoms with Crippen LogP contribution >= 0.6 is 0 Å². The first kappa shape index (κ1) is 17.4. The first-order chi connectivity index (χ1) is 9.82. The van der Waals surface area contributed by atoms with Gasteiger partial charge in [0.1, 0.15) is 11.4 Å². The first-order valence-electron chi connectivity index (χ1n) is 7.19. The van der Waals surface area contributed by atoms with Crippen LogP contribution in [-0.2, 0) is 9.53 Å². The monoisotopic (exact) mass is 296 g/mol. The number of rotatable bonds is 7. The Labute approximate surface area is 126 Å². The fourth-order valence-electron chi connectivity index (χ4n) is 2.47. The summed E-state index contributed by atoms with van der Waals surface area (Å²) in [6.45, 7) is 8.78. The van der Waals surface area contributed by atoms with Crippen molar-refractivity contribution >= 4 is 11.7 Å². The van der Waals surface area contributed by atoms with Crippen molar-refractivity contribution in [3.8, 4) is 0 Å². The lowest BCUT2D eigenvalue weighted by molar-refractivity contribution is -0.147. The fourth-order valence-corrected chi connectivity index (χ4v) is 2.47. The number of halogens is 1. The zero-order valence-corrected chi connectivity index (χ0v) is 13.4. The highest BCUT2D eigenvalue weighted by Crippen LogP contribution is 2.19. The molecule has 1 aromatic carbocycles. The van der Waals surface area contributed by atoms with Gasteiger partial charge >= 0.3 is 5.97 Å². The van der Waals surface area contributed by atoms with E-state index in [0.29, 0.717) is 13.1 Å². The summed E-state index contributed by atoms with van der Waals surface area (Å²) in [5.74, 6) is -0.617. The van der Waals surface area contributed by atoms with Crippen molar-refractivity contribution in [1.29, 1.82) is 0 Å². The van der Waals surface area contributed by atoms with E-state index in [1.165, 1.54) is 19.2 Å². The molecule has 21 heavy (non-hydrogen) atoms. The van der Waals surface area contributed by atoms with Gasteiger partial charge in [0.05, 0.1) is 7.11 Å². The SMILES string of the molecule is CCN(CC(C)(NC(C)C)C(=O)OC)c1cccc(F)c1. The number of esters is 1. The molecule has 1 rings (SSSR count). The Bertz CT molecular complexity index is 479. The van der Waals surface area contributed by atoms with Crippen LogP contribution in [0.4, 0.5) is 10.1 Å². The van der Waals surface area contributed by atoms with Crippen LogP contribution in [0.2, 0.25) is 0 Å². The van der Waals surface area contributed by atoms with E-state index >= 15 is 0 Å². The van der Waals surface area contributed by atoms with Crippen LogP contribution in [-0.4, -0.2) is 37.7 Å². The molecule has 5 heteroatoms. The lowest BCUT2D eigenvalue weighted by Gasteiger charge is -2.36. The van der Waals surface area contributed by atoms with Gasteiger partial charge < -0.3 is 9.64 Å². The molecular formula is C16H25FN2O2. The molecule has 0 saturated carbocycles. The first-order valence-corrected chi connectivity index (χ1v) is 7.19. The van der Waals surface area contributed by atoms with E-state index in [1.807, 2.05) is 31.7 Å². The predicted molar refractivity (Wildman–Crippen MR) is 83.0 cm³/mol. The lowest BCUT2D eigenvalue weighted by atomic mass is 10.00. The average Bonchev–Trinajstić information content (AvgIpc) is 2.43. The van der Waals surface area contributed by atoms with Crippen molar-refractivity contribution < 1.29 is 13.9 Å². The number of anilines is 1. The van der Waals surface area contributed by atoms with Crippen LogP contribution in [0.3, 0.4) is 0 Å². The highest BCUT2D eigenvalue weighted by Gasteiger charge is 2.36. The maximum absolute atomic E-state index is 13.4. The Kier molecular flexibility index (Phi) is 6.15. The maximum Gasteiger partial charge on any atom is 0.327 e. The van der Waals surface area contributed by atoms with Crippen LogP contribution in [0.1, 0.15) is 27.7 Å². The Morgan fingerprint density at radius 1 is 1.48 bits per heavy atom. The Balaban J connectivity index is 3.01. The Morgan fingerprint density at radius 2 is 2.14 bits per heavy atom. The molecule has 1 atom stereocenters. The molecule has 118 valence electrons. The van der Waals surface area contributed by atoms with Gasteiger partial charge in [-0.25, -0.2) is 9.18 Å². The van der Waals surface area contributed by atoms with Gasteiger partial charge in [-0.05, 0) is 45.9 Å². The van der Waals surface area contributed by atoms with Gasteiger partial charge in [0.25, 0.3) is 0 Å². The van der Waals surface area contributed by atoms with Crippen molar-refractivity contribution in [3.05, 3.63) is 30.1 Å². The minimum absolute atomic E-state index is 0.125. The predicted octanol–water partition coefficient (Wildman–Crippen LogP) is 2.58. The number of nitrogens with one attached hydrogen (secondary N) is 1. The zero-order chi connectivity index (χ0) is 16.0. The second-order valence-electron chi connectivity index (χ2n) is 5.62. The lowest BCUT2D eigenvalue weighted by Crippen LogP contribution is -2.59. The van der Waals surface area contributed by atoms with E-state index in [0.717, 1.165) is 5.69 Å². The number of ether oxygens (including phenoxy) is 1. The topological polar surface area (TPSA) is 41.6 Å². The molecule has 0 radical (unpaired) electrons. The fraction of sp³-hybridized carbons (Fsp3) is 0.562. The number of hydrogen-bond acceptors (Lipinski definition) is 4. The summed E-state index contributed by atoms with van der Waals surface area (Å²) in [6, 6.07) is 6.50. The van der Waals surface area contributed by atoms with Crippen molar-refractivity contribution in [2.45, 2.75) is 39.3 Å². The van der Waals surface area contributed by atoms with Gasteiger partial charge in [0.2, 0.25) is 0 Å². The number of carbonyl (C=O) groups excluding carboxylic acids is 1. The van der Waals surface area contributed by atoms with E-state index in [-0.39, 0.29) is 17.8 Å². The summed E-state index contributed by atoms with van der Waals surface area (Å²) in [6.07, 6.45) is 0. The summed E-state index contributed by atoms with van der Waals surface area (Å²) in [7, 11) is 1.38. The van der Waals surface area contributed by atoms with Gasteiger partial charge in [-0.3, -0.25) is 5.32 Å². The molecule has 0 spiro atoms. The van der Waals surface area contributed by atoms with E-state index in [4.69, 9.17) is 4.74 Å². The van der Waals surface area contributed by atoms with Gasteiger partial charge in [-0.15, -0.1) is 0 Å². The van der Waals surface area contributed by atoms with E-state index in [9.17, 15) is 9.18 Å². The number of carbonyl (C=O) groups is 1. The largest absolute Gasteiger partial charge is 0.468 e. The molecule has 1 N–H and O–H groups in total. The molecule has 0 amide bonds. The van der Waals surface area contributed by atoms with Crippen molar-refractivity contribution in [1.82, 2.24) is 5.32 Å². The third-order valence-electron chi connectivity index (χ3n) is 3.31. The third-order valence-corrected chi connectivity index (χ3v) is 3.31. The Hall–Kier alpha value is -1.62.